The second kappa shape index (κ2) is 12.4. The van der Waals surface area contributed by atoms with Crippen LogP contribution in [0, 0.1) is 5.41 Å². The lowest BCUT2D eigenvalue weighted by Gasteiger charge is -2.24. The Kier molecular flexibility index (Phi) is 10.6. The number of carbonyl (C=O) groups excluding carboxylic acids is 1. The summed E-state index contributed by atoms with van der Waals surface area (Å²) < 4.78 is 0. The average Bonchev–Trinajstić information content (AvgIpc) is 2.64. The summed E-state index contributed by atoms with van der Waals surface area (Å²) in [6.45, 7) is 13.8. The van der Waals surface area contributed by atoms with Crippen molar-refractivity contribution in [1.82, 2.24) is 20.9 Å². The van der Waals surface area contributed by atoms with E-state index in [1.807, 2.05) is 26.8 Å². The van der Waals surface area contributed by atoms with E-state index in [4.69, 9.17) is 0 Å². The summed E-state index contributed by atoms with van der Waals surface area (Å²) in [4.78, 5) is 18.9. The van der Waals surface area contributed by atoms with Crippen LogP contribution >= 0.6 is 0 Å². The number of hydrogen-bond acceptors (Lipinski definition) is 3. The van der Waals surface area contributed by atoms with Crippen molar-refractivity contribution in [1.29, 1.82) is 0 Å². The third-order valence-electron chi connectivity index (χ3n) is 4.57. The largest absolute Gasteiger partial charge is 0.357 e. The van der Waals surface area contributed by atoms with Crippen LogP contribution in [-0.2, 0) is 11.3 Å². The van der Waals surface area contributed by atoms with Gasteiger partial charge in [-0.3, -0.25) is 14.7 Å². The zero-order chi connectivity index (χ0) is 21.0. The number of nitrogens with one attached hydrogen (secondary N) is 3. The van der Waals surface area contributed by atoms with Crippen molar-refractivity contribution in [2.45, 2.75) is 53.6 Å². The maximum atomic E-state index is 11.9. The van der Waals surface area contributed by atoms with E-state index in [2.05, 4.69) is 71.0 Å². The van der Waals surface area contributed by atoms with Crippen molar-refractivity contribution < 1.29 is 4.79 Å². The van der Waals surface area contributed by atoms with Gasteiger partial charge < -0.3 is 16.0 Å². The molecular formula is C22H39N5O. The smallest absolute Gasteiger partial charge is 0.225 e. The molecule has 1 rings (SSSR count). The number of nitrogens with zero attached hydrogens (tertiary/aromatic N) is 2. The maximum Gasteiger partial charge on any atom is 0.225 e. The number of guanidine groups is 1. The highest BCUT2D eigenvalue weighted by Gasteiger charge is 2.20. The fraction of sp³-hybridized carbons (Fsp3) is 0.636. The minimum atomic E-state index is -0.361. The summed E-state index contributed by atoms with van der Waals surface area (Å²) in [7, 11) is 2.16. The van der Waals surface area contributed by atoms with Gasteiger partial charge >= 0.3 is 0 Å². The molecule has 158 valence electrons. The Hall–Kier alpha value is -2.08. The fourth-order valence-corrected chi connectivity index (χ4v) is 2.57. The Morgan fingerprint density at radius 1 is 1.11 bits per heavy atom. The van der Waals surface area contributed by atoms with Crippen molar-refractivity contribution >= 4 is 11.9 Å². The van der Waals surface area contributed by atoms with Crippen LogP contribution < -0.4 is 16.0 Å². The van der Waals surface area contributed by atoms with Gasteiger partial charge in [0.1, 0.15) is 0 Å². The molecule has 0 heterocycles. The van der Waals surface area contributed by atoms with Gasteiger partial charge in [-0.25, -0.2) is 0 Å². The Morgan fingerprint density at radius 2 is 1.75 bits per heavy atom. The van der Waals surface area contributed by atoms with E-state index >= 15 is 0 Å². The summed E-state index contributed by atoms with van der Waals surface area (Å²) in [5.41, 5.74) is 0.966. The minimum Gasteiger partial charge on any atom is -0.357 e. The topological polar surface area (TPSA) is 68.8 Å². The molecular weight excluding hydrogens is 350 g/mol. The number of hydrogen-bond donors (Lipinski definition) is 3. The third kappa shape index (κ3) is 9.74. The molecule has 0 radical (unpaired) electrons. The quantitative estimate of drug-likeness (QED) is 0.327. The van der Waals surface area contributed by atoms with E-state index in [0.717, 1.165) is 32.0 Å². The normalized spacial score (nSPS) is 13.3. The molecule has 6 nitrogen and oxygen atoms in total. The molecule has 0 saturated carbocycles. The van der Waals surface area contributed by atoms with Crippen LogP contribution in [0.2, 0.25) is 0 Å². The molecule has 1 atom stereocenters. The average molecular weight is 390 g/mol. The molecule has 1 aromatic carbocycles. The summed E-state index contributed by atoms with van der Waals surface area (Å²) in [6, 6.07) is 11.0. The second-order valence-electron chi connectivity index (χ2n) is 8.23. The molecule has 1 aromatic rings. The molecule has 1 amide bonds. The van der Waals surface area contributed by atoms with Gasteiger partial charge in [0.15, 0.2) is 5.96 Å². The van der Waals surface area contributed by atoms with Gasteiger partial charge in [0.25, 0.3) is 0 Å². The van der Waals surface area contributed by atoms with E-state index in [-0.39, 0.29) is 11.3 Å². The summed E-state index contributed by atoms with van der Waals surface area (Å²) in [6.07, 6.45) is 0.987. The van der Waals surface area contributed by atoms with Crippen LogP contribution in [0.15, 0.2) is 35.3 Å². The van der Waals surface area contributed by atoms with Gasteiger partial charge in [-0.15, -0.1) is 0 Å². The summed E-state index contributed by atoms with van der Waals surface area (Å²) >= 11 is 0. The van der Waals surface area contributed by atoms with Crippen molar-refractivity contribution in [3.63, 3.8) is 0 Å². The van der Waals surface area contributed by atoms with E-state index in [9.17, 15) is 4.79 Å². The van der Waals surface area contributed by atoms with Crippen LogP contribution in [0.3, 0.4) is 0 Å². The van der Waals surface area contributed by atoms with Gasteiger partial charge in [0, 0.05) is 44.2 Å². The molecule has 0 aliphatic heterocycles. The number of amides is 1. The second-order valence-corrected chi connectivity index (χ2v) is 8.23. The minimum absolute atomic E-state index is 0.0616. The van der Waals surface area contributed by atoms with Gasteiger partial charge in [-0.05, 0) is 32.9 Å². The van der Waals surface area contributed by atoms with Gasteiger partial charge in [0.2, 0.25) is 5.91 Å². The number of aliphatic imine (C=N–C) groups is 1. The van der Waals surface area contributed by atoms with Crippen LogP contribution in [-0.4, -0.2) is 56.0 Å². The first-order valence-corrected chi connectivity index (χ1v) is 10.3. The van der Waals surface area contributed by atoms with Gasteiger partial charge in [0.05, 0.1) is 0 Å². The lowest BCUT2D eigenvalue weighted by Crippen LogP contribution is -2.43. The van der Waals surface area contributed by atoms with E-state index in [1.165, 1.54) is 5.56 Å². The highest BCUT2D eigenvalue weighted by molar-refractivity contribution is 5.81. The first kappa shape index (κ1) is 24.0. The molecule has 0 saturated heterocycles. The Balaban J connectivity index is 2.37. The van der Waals surface area contributed by atoms with E-state index in [0.29, 0.717) is 19.1 Å². The van der Waals surface area contributed by atoms with E-state index < -0.39 is 0 Å². The lowest BCUT2D eigenvalue weighted by molar-refractivity contribution is -0.128. The molecule has 6 heteroatoms. The van der Waals surface area contributed by atoms with Crippen molar-refractivity contribution in [2.24, 2.45) is 10.4 Å². The highest BCUT2D eigenvalue weighted by atomic mass is 16.2. The Morgan fingerprint density at radius 3 is 2.36 bits per heavy atom. The maximum absolute atomic E-state index is 11.9. The van der Waals surface area contributed by atoms with Gasteiger partial charge in [-0.2, -0.15) is 0 Å². The first-order valence-electron chi connectivity index (χ1n) is 10.3. The number of rotatable bonds is 10. The van der Waals surface area contributed by atoms with Crippen molar-refractivity contribution in [2.75, 3.05) is 33.2 Å². The third-order valence-corrected chi connectivity index (χ3v) is 4.57. The van der Waals surface area contributed by atoms with Crippen LogP contribution in [0.1, 0.15) is 46.6 Å². The molecule has 1 unspecified atom stereocenters. The number of carbonyl (C=O) groups is 1. The molecule has 0 bridgehead atoms. The molecule has 0 fully saturated rings. The van der Waals surface area contributed by atoms with Crippen molar-refractivity contribution in [3.8, 4) is 0 Å². The monoisotopic (exact) mass is 389 g/mol. The molecule has 0 aromatic heterocycles. The van der Waals surface area contributed by atoms with Crippen LogP contribution in [0.4, 0.5) is 0 Å². The molecule has 3 N–H and O–H groups in total. The Labute approximate surface area is 171 Å². The SMILES string of the molecule is CCNC(=NCCC(C)N(C)Cc1ccccc1)NCCNC(=O)C(C)(C)C. The Bertz CT molecular complexity index is 595. The summed E-state index contributed by atoms with van der Waals surface area (Å²) in [5.74, 6) is 0.858. The zero-order valence-electron chi connectivity index (χ0n) is 18.5. The molecule has 0 spiro atoms. The summed E-state index contributed by atoms with van der Waals surface area (Å²) in [5, 5.41) is 9.48. The zero-order valence-corrected chi connectivity index (χ0v) is 18.5. The van der Waals surface area contributed by atoms with Crippen LogP contribution in [0.5, 0.6) is 0 Å². The standard InChI is InChI=1S/C22H39N5O/c1-7-23-21(26-16-15-24-20(28)22(3,4)5)25-14-13-18(2)27(6)17-19-11-9-8-10-12-19/h8-12,18H,7,13-17H2,1-6H3,(H,24,28)(H2,23,25,26). The lowest BCUT2D eigenvalue weighted by atomic mass is 9.96. The predicted molar refractivity (Wildman–Crippen MR) is 118 cm³/mol. The van der Waals surface area contributed by atoms with Crippen LogP contribution in [0.25, 0.3) is 0 Å². The number of benzene rings is 1. The predicted octanol–water partition coefficient (Wildman–Crippen LogP) is 2.61. The molecule has 0 aliphatic carbocycles. The van der Waals surface area contributed by atoms with E-state index in [1.54, 1.807) is 0 Å². The fourth-order valence-electron chi connectivity index (χ4n) is 2.57. The molecule has 28 heavy (non-hydrogen) atoms. The highest BCUT2D eigenvalue weighted by Crippen LogP contribution is 2.11. The van der Waals surface area contributed by atoms with Crippen molar-refractivity contribution in [3.05, 3.63) is 35.9 Å². The first-order chi connectivity index (χ1) is 13.2. The van der Waals surface area contributed by atoms with Gasteiger partial charge in [-0.1, -0.05) is 51.1 Å². The molecule has 0 aliphatic rings.